The molecule has 1 aliphatic carbocycles. The van der Waals surface area contributed by atoms with Crippen LogP contribution < -0.4 is 4.72 Å². The second-order valence-corrected chi connectivity index (χ2v) is 8.98. The van der Waals surface area contributed by atoms with E-state index in [1.54, 1.807) is 0 Å². The molecule has 4 rings (SSSR count). The molecule has 132 valence electrons. The Morgan fingerprint density at radius 3 is 2.42 bits per heavy atom. The Balaban J connectivity index is 1.67. The topological polar surface area (TPSA) is 66.5 Å². The third-order valence-corrected chi connectivity index (χ3v) is 5.92. The van der Waals surface area contributed by atoms with Crippen LogP contribution in [0.2, 0.25) is 0 Å². The molecule has 2 saturated heterocycles. The van der Waals surface area contributed by atoms with Crippen molar-refractivity contribution in [2.45, 2.75) is 50.6 Å². The van der Waals surface area contributed by atoms with E-state index < -0.39 is 16.1 Å². The standard InChI is InChI=1S/C18H26N2O3S/c1-24(22,23)19-16(11-14-5-3-2-4-6-14)12-18(21)20-13-15-7-9-17(20)10-8-15/h2-6,15-17,19H,7-13H2,1H3/t15?,16-,17?/m1/s1. The number of sulfonamides is 1. The van der Waals surface area contributed by atoms with Gasteiger partial charge in [0.25, 0.3) is 0 Å². The van der Waals surface area contributed by atoms with Crippen LogP contribution in [0.4, 0.5) is 0 Å². The average molecular weight is 350 g/mol. The van der Waals surface area contributed by atoms with Gasteiger partial charge >= 0.3 is 0 Å². The molecule has 3 fully saturated rings. The number of amides is 1. The van der Waals surface area contributed by atoms with Crippen molar-refractivity contribution in [2.75, 3.05) is 12.8 Å². The van der Waals surface area contributed by atoms with E-state index >= 15 is 0 Å². The molecular formula is C18H26N2O3S. The van der Waals surface area contributed by atoms with Crippen molar-refractivity contribution in [3.05, 3.63) is 35.9 Å². The molecule has 0 radical (unpaired) electrons. The first-order chi connectivity index (χ1) is 11.4. The fraction of sp³-hybridized carbons (Fsp3) is 0.611. The van der Waals surface area contributed by atoms with E-state index in [1.807, 2.05) is 35.2 Å². The highest BCUT2D eigenvalue weighted by Gasteiger charge is 2.36. The minimum atomic E-state index is -3.35. The van der Waals surface area contributed by atoms with Gasteiger partial charge in [0.15, 0.2) is 0 Å². The number of piperidine rings is 2. The van der Waals surface area contributed by atoms with Crippen LogP contribution in [0.1, 0.15) is 37.7 Å². The predicted octanol–water partition coefficient (Wildman–Crippen LogP) is 1.94. The first-order valence-corrected chi connectivity index (χ1v) is 10.6. The minimum absolute atomic E-state index is 0.0847. The van der Waals surface area contributed by atoms with E-state index in [4.69, 9.17) is 0 Å². The normalized spacial score (nSPS) is 24.8. The van der Waals surface area contributed by atoms with Gasteiger partial charge in [0, 0.05) is 25.0 Å². The molecule has 1 amide bonds. The van der Waals surface area contributed by atoms with E-state index in [1.165, 1.54) is 12.8 Å². The maximum Gasteiger partial charge on any atom is 0.224 e. The van der Waals surface area contributed by atoms with Crippen molar-refractivity contribution in [1.82, 2.24) is 9.62 Å². The van der Waals surface area contributed by atoms with Gasteiger partial charge in [0.05, 0.1) is 6.26 Å². The van der Waals surface area contributed by atoms with Gasteiger partial charge in [-0.25, -0.2) is 13.1 Å². The second-order valence-electron chi connectivity index (χ2n) is 7.20. The lowest BCUT2D eigenvalue weighted by Crippen LogP contribution is -2.52. The minimum Gasteiger partial charge on any atom is -0.339 e. The summed E-state index contributed by atoms with van der Waals surface area (Å²) in [5.74, 6) is 0.718. The highest BCUT2D eigenvalue weighted by Crippen LogP contribution is 2.35. The largest absolute Gasteiger partial charge is 0.339 e. The van der Waals surface area contributed by atoms with Gasteiger partial charge in [-0.1, -0.05) is 30.3 Å². The number of hydrogen-bond acceptors (Lipinski definition) is 3. The van der Waals surface area contributed by atoms with Crippen LogP contribution in [0.15, 0.2) is 30.3 Å². The fourth-order valence-electron chi connectivity index (χ4n) is 4.06. The number of nitrogens with zero attached hydrogens (tertiary/aromatic N) is 1. The van der Waals surface area contributed by atoms with Gasteiger partial charge in [-0.15, -0.1) is 0 Å². The van der Waals surface area contributed by atoms with E-state index in [-0.39, 0.29) is 12.3 Å². The molecule has 2 bridgehead atoms. The smallest absolute Gasteiger partial charge is 0.224 e. The van der Waals surface area contributed by atoms with E-state index in [0.29, 0.717) is 18.4 Å². The monoisotopic (exact) mass is 350 g/mol. The molecule has 1 saturated carbocycles. The number of hydrogen-bond donors (Lipinski definition) is 1. The average Bonchev–Trinajstić information content (AvgIpc) is 2.55. The summed E-state index contributed by atoms with van der Waals surface area (Å²) < 4.78 is 26.0. The SMILES string of the molecule is CS(=O)(=O)N[C@@H](CC(=O)N1CC2CCC1CC2)Cc1ccccc1. The van der Waals surface area contributed by atoms with Crippen LogP contribution in [0.25, 0.3) is 0 Å². The van der Waals surface area contributed by atoms with Gasteiger partial charge in [-0.05, 0) is 43.6 Å². The zero-order chi connectivity index (χ0) is 17.2. The highest BCUT2D eigenvalue weighted by atomic mass is 32.2. The zero-order valence-corrected chi connectivity index (χ0v) is 15.0. The van der Waals surface area contributed by atoms with Gasteiger partial charge in [0.1, 0.15) is 0 Å². The Morgan fingerprint density at radius 1 is 1.21 bits per heavy atom. The first kappa shape index (κ1) is 17.4. The Morgan fingerprint density at radius 2 is 1.88 bits per heavy atom. The maximum absolute atomic E-state index is 12.8. The number of carbonyl (C=O) groups excluding carboxylic acids is 1. The molecule has 1 N–H and O–H groups in total. The number of rotatable bonds is 6. The predicted molar refractivity (Wildman–Crippen MR) is 94.0 cm³/mol. The van der Waals surface area contributed by atoms with Crippen LogP contribution in [-0.2, 0) is 21.2 Å². The van der Waals surface area contributed by atoms with Crippen molar-refractivity contribution >= 4 is 15.9 Å². The first-order valence-electron chi connectivity index (χ1n) is 8.71. The van der Waals surface area contributed by atoms with E-state index in [9.17, 15) is 13.2 Å². The van der Waals surface area contributed by atoms with Crippen molar-refractivity contribution in [3.63, 3.8) is 0 Å². The quantitative estimate of drug-likeness (QED) is 0.853. The molecule has 3 aliphatic rings. The molecule has 2 heterocycles. The highest BCUT2D eigenvalue weighted by molar-refractivity contribution is 7.88. The van der Waals surface area contributed by atoms with Crippen molar-refractivity contribution < 1.29 is 13.2 Å². The van der Waals surface area contributed by atoms with Crippen LogP contribution >= 0.6 is 0 Å². The van der Waals surface area contributed by atoms with Crippen LogP contribution in [0.5, 0.6) is 0 Å². The van der Waals surface area contributed by atoms with Gasteiger partial charge in [0.2, 0.25) is 15.9 Å². The third-order valence-electron chi connectivity index (χ3n) is 5.16. The molecular weight excluding hydrogens is 324 g/mol. The summed E-state index contributed by atoms with van der Waals surface area (Å²) in [4.78, 5) is 14.8. The van der Waals surface area contributed by atoms with E-state index in [0.717, 1.165) is 31.2 Å². The summed E-state index contributed by atoms with van der Waals surface area (Å²) in [6, 6.07) is 9.68. The number of fused-ring (bicyclic) bond motifs is 3. The number of benzene rings is 1. The van der Waals surface area contributed by atoms with Crippen LogP contribution in [0, 0.1) is 5.92 Å². The summed E-state index contributed by atoms with van der Waals surface area (Å²) in [7, 11) is -3.35. The van der Waals surface area contributed by atoms with Gasteiger partial charge < -0.3 is 4.90 Å². The molecule has 1 aromatic carbocycles. The van der Waals surface area contributed by atoms with Crippen molar-refractivity contribution in [1.29, 1.82) is 0 Å². The lowest BCUT2D eigenvalue weighted by atomic mass is 9.79. The van der Waals surface area contributed by atoms with E-state index in [2.05, 4.69) is 4.72 Å². The molecule has 1 aromatic rings. The van der Waals surface area contributed by atoms with Crippen LogP contribution in [-0.4, -0.2) is 44.1 Å². The lowest BCUT2D eigenvalue weighted by molar-refractivity contribution is -0.139. The zero-order valence-electron chi connectivity index (χ0n) is 14.1. The van der Waals surface area contributed by atoms with Gasteiger partial charge in [-0.2, -0.15) is 0 Å². The third kappa shape index (κ3) is 4.57. The molecule has 6 heteroatoms. The molecule has 1 atom stereocenters. The van der Waals surface area contributed by atoms with Crippen molar-refractivity contribution in [3.8, 4) is 0 Å². The summed E-state index contributed by atoms with van der Waals surface area (Å²) in [6.07, 6.45) is 6.55. The summed E-state index contributed by atoms with van der Waals surface area (Å²) in [6.45, 7) is 0.848. The summed E-state index contributed by atoms with van der Waals surface area (Å²) >= 11 is 0. The summed E-state index contributed by atoms with van der Waals surface area (Å²) in [5, 5.41) is 0. The molecule has 24 heavy (non-hydrogen) atoms. The maximum atomic E-state index is 12.8. The molecule has 0 spiro atoms. The van der Waals surface area contributed by atoms with Gasteiger partial charge in [-0.3, -0.25) is 4.79 Å². The van der Waals surface area contributed by atoms with Crippen LogP contribution in [0.3, 0.4) is 0 Å². The van der Waals surface area contributed by atoms with Crippen molar-refractivity contribution in [2.24, 2.45) is 5.92 Å². The Kier molecular flexibility index (Phi) is 5.25. The fourth-order valence-corrected chi connectivity index (χ4v) is 4.83. The Bertz CT molecular complexity index is 667. The lowest BCUT2D eigenvalue weighted by Gasteiger charge is -2.45. The number of carbonyl (C=O) groups is 1. The molecule has 0 aromatic heterocycles. The molecule has 0 unspecified atom stereocenters. The molecule has 5 nitrogen and oxygen atoms in total. The summed E-state index contributed by atoms with van der Waals surface area (Å²) in [5.41, 5.74) is 1.03. The Hall–Kier alpha value is -1.40. The molecule has 2 aliphatic heterocycles. The number of nitrogens with one attached hydrogen (secondary N) is 1. The Labute approximate surface area is 144 Å². The second kappa shape index (κ2) is 7.23.